The number of nitriles is 1. The van der Waals surface area contributed by atoms with E-state index in [-0.39, 0.29) is 17.5 Å². The van der Waals surface area contributed by atoms with Gasteiger partial charge in [-0.25, -0.2) is 14.4 Å². The zero-order valence-electron chi connectivity index (χ0n) is 13.0. The quantitative estimate of drug-likeness (QED) is 0.406. The van der Waals surface area contributed by atoms with Gasteiger partial charge in [0.15, 0.2) is 0 Å². The summed E-state index contributed by atoms with van der Waals surface area (Å²) in [4.78, 5) is 21.3. The van der Waals surface area contributed by atoms with Crippen LogP contribution < -0.4 is 5.32 Å². The van der Waals surface area contributed by atoms with E-state index in [1.807, 2.05) is 12.1 Å². The zero-order chi connectivity index (χ0) is 17.6. The Labute approximate surface area is 151 Å². The number of benzene rings is 1. The lowest BCUT2D eigenvalue weighted by atomic mass is 10.2. The Kier molecular flexibility index (Phi) is 5.58. The van der Waals surface area contributed by atoms with E-state index in [1.54, 1.807) is 12.1 Å². The Bertz CT molecular complexity index is 934. The average Bonchev–Trinajstić information content (AvgIpc) is 3.05. The number of nitrogens with zero attached hydrogens (tertiary/aromatic N) is 3. The number of aromatic nitrogens is 2. The van der Waals surface area contributed by atoms with E-state index in [2.05, 4.69) is 15.3 Å². The van der Waals surface area contributed by atoms with Gasteiger partial charge in [-0.1, -0.05) is 23.9 Å². The first-order valence-electron chi connectivity index (χ1n) is 7.44. The van der Waals surface area contributed by atoms with Gasteiger partial charge >= 0.3 is 0 Å². The number of carbonyl (C=O) groups excluding carboxylic acids is 1. The molecule has 25 heavy (non-hydrogen) atoms. The molecule has 1 aromatic carbocycles. The lowest BCUT2D eigenvalue weighted by Crippen LogP contribution is -2.25. The Hall–Kier alpha value is -2.50. The Morgan fingerprint density at radius 1 is 1.32 bits per heavy atom. The van der Waals surface area contributed by atoms with Gasteiger partial charge < -0.3 is 5.32 Å². The first-order chi connectivity index (χ1) is 12.2. The minimum atomic E-state index is -0.275. The van der Waals surface area contributed by atoms with Crippen LogP contribution in [-0.4, -0.2) is 28.2 Å². The monoisotopic (exact) mass is 372 g/mol. The van der Waals surface area contributed by atoms with Gasteiger partial charge in [0.05, 0.1) is 28.5 Å². The molecule has 0 aliphatic rings. The topological polar surface area (TPSA) is 78.7 Å². The number of halogens is 1. The molecule has 1 amide bonds. The molecule has 2 aromatic heterocycles. The van der Waals surface area contributed by atoms with Gasteiger partial charge in [-0.15, -0.1) is 11.3 Å². The van der Waals surface area contributed by atoms with E-state index in [9.17, 15) is 9.18 Å². The third-order valence-corrected chi connectivity index (χ3v) is 5.61. The molecule has 2 heterocycles. The van der Waals surface area contributed by atoms with Crippen LogP contribution in [0.25, 0.3) is 20.7 Å². The number of thioether (sulfide) groups is 1. The maximum atomic E-state index is 13.1. The molecule has 3 rings (SSSR count). The number of carbonyl (C=O) groups is 1. The fourth-order valence-electron chi connectivity index (χ4n) is 2.13. The fourth-order valence-corrected chi connectivity index (χ4v) is 4.16. The molecule has 5 nitrogen and oxygen atoms in total. The van der Waals surface area contributed by atoms with Crippen molar-refractivity contribution in [2.24, 2.45) is 0 Å². The standard InChI is InChI=1S/C17H13FN4OS2/c18-12-4-2-11(3-5-12)14-8-13-16(25-14)17(22-10-21-13)24-9-15(23)20-7-1-6-19/h2-5,8,10H,1,7,9H2,(H,20,23). The molecule has 8 heteroatoms. The molecular weight excluding hydrogens is 359 g/mol. The summed E-state index contributed by atoms with van der Waals surface area (Å²) in [5.41, 5.74) is 1.71. The minimum absolute atomic E-state index is 0.137. The van der Waals surface area contributed by atoms with Crippen molar-refractivity contribution in [1.82, 2.24) is 15.3 Å². The molecule has 0 radical (unpaired) electrons. The van der Waals surface area contributed by atoms with Crippen LogP contribution in [-0.2, 0) is 4.79 Å². The molecule has 0 saturated heterocycles. The lowest BCUT2D eigenvalue weighted by molar-refractivity contribution is -0.118. The van der Waals surface area contributed by atoms with Crippen molar-refractivity contribution < 1.29 is 9.18 Å². The van der Waals surface area contributed by atoms with Crippen LogP contribution in [0, 0.1) is 17.1 Å². The lowest BCUT2D eigenvalue weighted by Gasteiger charge is -2.03. The largest absolute Gasteiger partial charge is 0.354 e. The molecule has 0 spiro atoms. The summed E-state index contributed by atoms with van der Waals surface area (Å²) >= 11 is 2.84. The Morgan fingerprint density at radius 2 is 2.12 bits per heavy atom. The SMILES string of the molecule is N#CCCNC(=O)CSc1ncnc2cc(-c3ccc(F)cc3)sc12. The van der Waals surface area contributed by atoms with Gasteiger partial charge in [-0.3, -0.25) is 4.79 Å². The van der Waals surface area contributed by atoms with E-state index < -0.39 is 0 Å². The second-order valence-electron chi connectivity index (χ2n) is 5.06. The third kappa shape index (κ3) is 4.32. The maximum absolute atomic E-state index is 13.1. The Morgan fingerprint density at radius 3 is 2.88 bits per heavy atom. The highest BCUT2D eigenvalue weighted by atomic mass is 32.2. The van der Waals surface area contributed by atoms with Crippen molar-refractivity contribution in [3.05, 3.63) is 42.5 Å². The predicted molar refractivity (Wildman–Crippen MR) is 96.8 cm³/mol. The molecule has 126 valence electrons. The summed E-state index contributed by atoms with van der Waals surface area (Å²) in [7, 11) is 0. The summed E-state index contributed by atoms with van der Waals surface area (Å²) in [5.74, 6) is -0.188. The molecule has 0 fully saturated rings. The van der Waals surface area contributed by atoms with Crippen molar-refractivity contribution in [2.75, 3.05) is 12.3 Å². The molecule has 1 N–H and O–H groups in total. The highest BCUT2D eigenvalue weighted by Gasteiger charge is 2.12. The summed E-state index contributed by atoms with van der Waals surface area (Å²) in [5, 5.41) is 11.9. The van der Waals surface area contributed by atoms with E-state index in [4.69, 9.17) is 5.26 Å². The van der Waals surface area contributed by atoms with Crippen molar-refractivity contribution in [3.8, 4) is 16.5 Å². The van der Waals surface area contributed by atoms with Gasteiger partial charge in [0.2, 0.25) is 5.91 Å². The normalized spacial score (nSPS) is 10.6. The van der Waals surface area contributed by atoms with Crippen LogP contribution in [0.3, 0.4) is 0 Å². The van der Waals surface area contributed by atoms with Gasteiger partial charge in [0.25, 0.3) is 0 Å². The van der Waals surface area contributed by atoms with Gasteiger partial charge in [-0.2, -0.15) is 5.26 Å². The first-order valence-corrected chi connectivity index (χ1v) is 9.24. The highest BCUT2D eigenvalue weighted by Crippen LogP contribution is 2.36. The van der Waals surface area contributed by atoms with Crippen molar-refractivity contribution in [3.63, 3.8) is 0 Å². The van der Waals surface area contributed by atoms with Crippen LogP contribution in [0.5, 0.6) is 0 Å². The van der Waals surface area contributed by atoms with Crippen molar-refractivity contribution >= 4 is 39.2 Å². The maximum Gasteiger partial charge on any atom is 0.230 e. The smallest absolute Gasteiger partial charge is 0.230 e. The number of fused-ring (bicyclic) bond motifs is 1. The average molecular weight is 372 g/mol. The van der Waals surface area contributed by atoms with Crippen LogP contribution in [0.1, 0.15) is 6.42 Å². The number of hydrogen-bond acceptors (Lipinski definition) is 6. The van der Waals surface area contributed by atoms with E-state index in [0.717, 1.165) is 25.7 Å². The summed E-state index contributed by atoms with van der Waals surface area (Å²) < 4.78 is 14.0. The Balaban J connectivity index is 1.77. The van der Waals surface area contributed by atoms with Crippen LogP contribution in [0.4, 0.5) is 4.39 Å². The number of thiophene rings is 1. The molecule has 0 saturated carbocycles. The van der Waals surface area contributed by atoms with E-state index in [1.165, 1.54) is 41.6 Å². The van der Waals surface area contributed by atoms with Crippen LogP contribution in [0.2, 0.25) is 0 Å². The van der Waals surface area contributed by atoms with Crippen LogP contribution >= 0.6 is 23.1 Å². The van der Waals surface area contributed by atoms with Crippen molar-refractivity contribution in [2.45, 2.75) is 11.4 Å². The molecule has 0 unspecified atom stereocenters. The minimum Gasteiger partial charge on any atom is -0.354 e. The molecule has 3 aromatic rings. The summed E-state index contributed by atoms with van der Waals surface area (Å²) in [6.45, 7) is 0.350. The van der Waals surface area contributed by atoms with Crippen LogP contribution in [0.15, 0.2) is 41.7 Å². The molecule has 0 bridgehead atoms. The zero-order valence-corrected chi connectivity index (χ0v) is 14.7. The number of hydrogen-bond donors (Lipinski definition) is 1. The number of nitrogens with one attached hydrogen (secondary N) is 1. The van der Waals surface area contributed by atoms with Crippen molar-refractivity contribution in [1.29, 1.82) is 5.26 Å². The second kappa shape index (κ2) is 8.05. The summed E-state index contributed by atoms with van der Waals surface area (Å²) in [6.07, 6.45) is 1.76. The highest BCUT2D eigenvalue weighted by molar-refractivity contribution is 8.00. The third-order valence-electron chi connectivity index (χ3n) is 3.31. The van der Waals surface area contributed by atoms with E-state index in [0.29, 0.717) is 13.0 Å². The van der Waals surface area contributed by atoms with Gasteiger partial charge in [0, 0.05) is 11.4 Å². The van der Waals surface area contributed by atoms with Gasteiger partial charge in [0.1, 0.15) is 17.2 Å². The molecule has 0 aliphatic carbocycles. The second-order valence-corrected chi connectivity index (χ2v) is 7.07. The molecular formula is C17H13FN4OS2. The molecule has 0 atom stereocenters. The number of rotatable bonds is 6. The first kappa shape index (κ1) is 17.3. The van der Waals surface area contributed by atoms with E-state index >= 15 is 0 Å². The predicted octanol–water partition coefficient (Wildman–Crippen LogP) is 3.62. The molecule has 0 aliphatic heterocycles. The number of amides is 1. The van der Waals surface area contributed by atoms with Gasteiger partial charge in [-0.05, 0) is 23.8 Å². The summed E-state index contributed by atoms with van der Waals surface area (Å²) in [6, 6.07) is 10.2. The fraction of sp³-hybridized carbons (Fsp3) is 0.176.